The molecule has 84 valence electrons. The topological polar surface area (TPSA) is 93.8 Å². The Morgan fingerprint density at radius 3 is 2.93 bits per heavy atom. The summed E-state index contributed by atoms with van der Waals surface area (Å²) in [5.41, 5.74) is 5.16. The van der Waals surface area contributed by atoms with E-state index in [1.165, 1.54) is 7.11 Å². The van der Waals surface area contributed by atoms with Crippen LogP contribution in [0.5, 0.6) is 0 Å². The van der Waals surface area contributed by atoms with Crippen LogP contribution in [0.2, 0.25) is 0 Å². The predicted molar refractivity (Wildman–Crippen MR) is 50.8 cm³/mol. The lowest BCUT2D eigenvalue weighted by Crippen LogP contribution is -2.36. The quantitative estimate of drug-likeness (QED) is 0.403. The van der Waals surface area contributed by atoms with Gasteiger partial charge < -0.3 is 25.6 Å². The summed E-state index contributed by atoms with van der Waals surface area (Å²) >= 11 is 0. The molecule has 0 aliphatic rings. The van der Waals surface area contributed by atoms with Gasteiger partial charge in [-0.15, -0.1) is 0 Å². The normalized spacial score (nSPS) is 12.5. The van der Waals surface area contributed by atoms with Gasteiger partial charge in [0, 0.05) is 20.2 Å². The van der Waals surface area contributed by atoms with E-state index in [0.29, 0.717) is 13.2 Å². The molecule has 1 atom stereocenters. The Hall–Kier alpha value is -0.690. The second-order valence-corrected chi connectivity index (χ2v) is 2.75. The van der Waals surface area contributed by atoms with Crippen LogP contribution in [0.3, 0.4) is 0 Å². The first kappa shape index (κ1) is 13.3. The van der Waals surface area contributed by atoms with Gasteiger partial charge in [-0.1, -0.05) is 0 Å². The fourth-order valence-corrected chi connectivity index (χ4v) is 0.782. The Morgan fingerprint density at radius 1 is 1.64 bits per heavy atom. The monoisotopic (exact) mass is 206 g/mol. The van der Waals surface area contributed by atoms with Gasteiger partial charge in [-0.3, -0.25) is 4.79 Å². The molecule has 0 aliphatic carbocycles. The maximum Gasteiger partial charge on any atom is 0.246 e. The van der Waals surface area contributed by atoms with Crippen LogP contribution in [0.25, 0.3) is 0 Å². The van der Waals surface area contributed by atoms with Crippen LogP contribution in [0.1, 0.15) is 0 Å². The van der Waals surface area contributed by atoms with Crippen LogP contribution in [0.15, 0.2) is 0 Å². The number of rotatable bonds is 8. The molecule has 6 heteroatoms. The molecule has 0 aliphatic heterocycles. The first-order chi connectivity index (χ1) is 6.70. The lowest BCUT2D eigenvalue weighted by atomic mass is 10.4. The maximum atomic E-state index is 11.0. The van der Waals surface area contributed by atoms with E-state index >= 15 is 0 Å². The number of hydrogen-bond acceptors (Lipinski definition) is 5. The number of carbonyl (C=O) groups is 1. The average molecular weight is 206 g/mol. The second kappa shape index (κ2) is 8.89. The highest BCUT2D eigenvalue weighted by molar-refractivity contribution is 5.77. The van der Waals surface area contributed by atoms with E-state index in [0.717, 1.165) is 0 Å². The summed E-state index contributed by atoms with van der Waals surface area (Å²) in [6.07, 6.45) is -0.682. The third kappa shape index (κ3) is 7.93. The van der Waals surface area contributed by atoms with Crippen LogP contribution in [-0.2, 0) is 14.3 Å². The number of ether oxygens (including phenoxy) is 2. The summed E-state index contributed by atoms with van der Waals surface area (Å²) in [4.78, 5) is 11.0. The molecule has 1 amide bonds. The molecule has 0 saturated heterocycles. The van der Waals surface area contributed by atoms with Gasteiger partial charge in [-0.2, -0.15) is 0 Å². The smallest absolute Gasteiger partial charge is 0.246 e. The standard InChI is InChI=1S/C8H18N2O4/c1-13-5-7(11)4-10-8(12)6-14-3-2-9/h7,11H,2-6,9H2,1H3,(H,10,12). The molecule has 1 unspecified atom stereocenters. The van der Waals surface area contributed by atoms with Gasteiger partial charge in [0.05, 0.1) is 19.3 Å². The van der Waals surface area contributed by atoms with Crippen molar-refractivity contribution >= 4 is 5.91 Å². The fourth-order valence-electron chi connectivity index (χ4n) is 0.782. The number of aliphatic hydroxyl groups is 1. The van der Waals surface area contributed by atoms with E-state index in [1.807, 2.05) is 0 Å². The third-order valence-electron chi connectivity index (χ3n) is 1.39. The molecule has 4 N–H and O–H groups in total. The van der Waals surface area contributed by atoms with Crippen molar-refractivity contribution in [1.82, 2.24) is 5.32 Å². The minimum Gasteiger partial charge on any atom is -0.389 e. The van der Waals surface area contributed by atoms with E-state index in [1.54, 1.807) is 0 Å². The minimum atomic E-state index is -0.682. The summed E-state index contributed by atoms with van der Waals surface area (Å²) in [7, 11) is 1.48. The molecule has 0 fully saturated rings. The largest absolute Gasteiger partial charge is 0.389 e. The molecule has 0 radical (unpaired) electrons. The molecule has 0 spiro atoms. The van der Waals surface area contributed by atoms with Gasteiger partial charge in [0.1, 0.15) is 6.61 Å². The summed E-state index contributed by atoms with van der Waals surface area (Å²) in [6, 6.07) is 0. The van der Waals surface area contributed by atoms with Crippen LogP contribution < -0.4 is 11.1 Å². The predicted octanol–water partition coefficient (Wildman–Crippen LogP) is -1.91. The first-order valence-electron chi connectivity index (χ1n) is 4.42. The van der Waals surface area contributed by atoms with Gasteiger partial charge in [-0.05, 0) is 0 Å². The maximum absolute atomic E-state index is 11.0. The van der Waals surface area contributed by atoms with Crippen molar-refractivity contribution < 1.29 is 19.4 Å². The van der Waals surface area contributed by atoms with Crippen LogP contribution in [0.4, 0.5) is 0 Å². The van der Waals surface area contributed by atoms with Crippen molar-refractivity contribution in [3.8, 4) is 0 Å². The highest BCUT2D eigenvalue weighted by Gasteiger charge is 2.05. The summed E-state index contributed by atoms with van der Waals surface area (Å²) in [5.74, 6) is -0.270. The van der Waals surface area contributed by atoms with Crippen molar-refractivity contribution in [2.24, 2.45) is 5.73 Å². The van der Waals surface area contributed by atoms with Gasteiger partial charge in [0.25, 0.3) is 0 Å². The average Bonchev–Trinajstić information content (AvgIpc) is 2.16. The molecule has 0 aromatic rings. The molecule has 0 rings (SSSR count). The number of hydrogen-bond donors (Lipinski definition) is 3. The number of amides is 1. The Balaban J connectivity index is 3.34. The lowest BCUT2D eigenvalue weighted by molar-refractivity contribution is -0.126. The van der Waals surface area contributed by atoms with E-state index < -0.39 is 6.10 Å². The molecular weight excluding hydrogens is 188 g/mol. The summed E-state index contributed by atoms with van der Waals surface area (Å²) in [5, 5.41) is 11.7. The van der Waals surface area contributed by atoms with E-state index in [4.69, 9.17) is 15.6 Å². The molecule has 6 nitrogen and oxygen atoms in total. The van der Waals surface area contributed by atoms with Crippen molar-refractivity contribution in [2.45, 2.75) is 6.10 Å². The minimum absolute atomic E-state index is 0.0309. The van der Waals surface area contributed by atoms with Gasteiger partial charge in [0.2, 0.25) is 5.91 Å². The molecule has 0 saturated carbocycles. The number of nitrogens with one attached hydrogen (secondary N) is 1. The van der Waals surface area contributed by atoms with Gasteiger partial charge in [0.15, 0.2) is 0 Å². The number of carbonyl (C=O) groups excluding carboxylic acids is 1. The molecule has 0 aromatic carbocycles. The SMILES string of the molecule is COCC(O)CNC(=O)COCCN. The lowest BCUT2D eigenvalue weighted by Gasteiger charge is -2.10. The highest BCUT2D eigenvalue weighted by atomic mass is 16.5. The van der Waals surface area contributed by atoms with Crippen molar-refractivity contribution in [3.05, 3.63) is 0 Å². The van der Waals surface area contributed by atoms with Crippen molar-refractivity contribution in [2.75, 3.05) is 40.0 Å². The Labute approximate surface area is 83.4 Å². The fraction of sp³-hybridized carbons (Fsp3) is 0.875. The van der Waals surface area contributed by atoms with Crippen molar-refractivity contribution in [3.63, 3.8) is 0 Å². The number of aliphatic hydroxyl groups excluding tert-OH is 1. The molecular formula is C8H18N2O4. The first-order valence-corrected chi connectivity index (χ1v) is 4.42. The Bertz CT molecular complexity index is 154. The number of methoxy groups -OCH3 is 1. The molecule has 0 heterocycles. The van der Waals surface area contributed by atoms with Crippen LogP contribution in [0, 0.1) is 0 Å². The zero-order valence-electron chi connectivity index (χ0n) is 8.36. The number of nitrogens with two attached hydrogens (primary N) is 1. The van der Waals surface area contributed by atoms with E-state index in [-0.39, 0.29) is 25.7 Å². The highest BCUT2D eigenvalue weighted by Crippen LogP contribution is 1.81. The van der Waals surface area contributed by atoms with Crippen molar-refractivity contribution in [1.29, 1.82) is 0 Å². The summed E-state index contributed by atoms with van der Waals surface area (Å²) < 4.78 is 9.57. The summed E-state index contributed by atoms with van der Waals surface area (Å²) in [6.45, 7) is 1.08. The van der Waals surface area contributed by atoms with Gasteiger partial charge >= 0.3 is 0 Å². The van der Waals surface area contributed by atoms with E-state index in [2.05, 4.69) is 10.1 Å². The zero-order valence-corrected chi connectivity index (χ0v) is 8.36. The third-order valence-corrected chi connectivity index (χ3v) is 1.39. The van der Waals surface area contributed by atoms with E-state index in [9.17, 15) is 4.79 Å². The van der Waals surface area contributed by atoms with Crippen LogP contribution >= 0.6 is 0 Å². The zero-order chi connectivity index (χ0) is 10.8. The second-order valence-electron chi connectivity index (χ2n) is 2.75. The Morgan fingerprint density at radius 2 is 2.36 bits per heavy atom. The van der Waals surface area contributed by atoms with Gasteiger partial charge in [-0.25, -0.2) is 0 Å². The van der Waals surface area contributed by atoms with Crippen LogP contribution in [-0.4, -0.2) is 57.1 Å². The molecule has 14 heavy (non-hydrogen) atoms. The molecule has 0 aromatic heterocycles. The molecule has 0 bridgehead atoms. The Kier molecular flexibility index (Phi) is 8.45.